The fourth-order valence-corrected chi connectivity index (χ4v) is 2.41. The SMILES string of the molecule is C#Cc1cc(C(C)C)cc(C(C)C)c1OCCCCCC. The predicted octanol–water partition coefficient (Wildman–Crippen LogP) is 5.87. The molecule has 0 heterocycles. The average molecular weight is 286 g/mol. The zero-order valence-electron chi connectivity index (χ0n) is 14.3. The van der Waals surface area contributed by atoms with Crippen molar-refractivity contribution in [3.63, 3.8) is 0 Å². The van der Waals surface area contributed by atoms with Crippen LogP contribution in [0.25, 0.3) is 0 Å². The molecule has 1 aromatic carbocycles. The molecule has 0 saturated heterocycles. The minimum Gasteiger partial charge on any atom is -0.492 e. The monoisotopic (exact) mass is 286 g/mol. The molecule has 0 fully saturated rings. The quantitative estimate of drug-likeness (QED) is 0.428. The summed E-state index contributed by atoms with van der Waals surface area (Å²) in [5, 5.41) is 0. The number of ether oxygens (including phenoxy) is 1. The van der Waals surface area contributed by atoms with Crippen molar-refractivity contribution in [2.24, 2.45) is 0 Å². The van der Waals surface area contributed by atoms with Crippen molar-refractivity contribution in [3.05, 3.63) is 28.8 Å². The highest BCUT2D eigenvalue weighted by Crippen LogP contribution is 2.33. The number of benzene rings is 1. The van der Waals surface area contributed by atoms with Crippen molar-refractivity contribution in [2.45, 2.75) is 72.1 Å². The van der Waals surface area contributed by atoms with E-state index in [1.807, 2.05) is 0 Å². The van der Waals surface area contributed by atoms with Gasteiger partial charge in [-0.2, -0.15) is 0 Å². The molecule has 0 aliphatic rings. The molecule has 0 unspecified atom stereocenters. The van der Waals surface area contributed by atoms with E-state index in [4.69, 9.17) is 11.2 Å². The molecule has 0 radical (unpaired) electrons. The zero-order valence-corrected chi connectivity index (χ0v) is 14.3. The number of hydrogen-bond acceptors (Lipinski definition) is 1. The van der Waals surface area contributed by atoms with E-state index in [9.17, 15) is 0 Å². The van der Waals surface area contributed by atoms with E-state index in [0.717, 1.165) is 24.3 Å². The Hall–Kier alpha value is -1.42. The molecule has 0 aromatic heterocycles. The molecule has 1 aromatic rings. The van der Waals surface area contributed by atoms with Crippen molar-refractivity contribution in [3.8, 4) is 18.1 Å². The first kappa shape index (κ1) is 17.6. The molecule has 0 bridgehead atoms. The standard InChI is InChI=1S/C20H30O/c1-7-9-10-11-12-21-20-17(8-2)13-18(15(3)4)14-19(20)16(5)6/h2,13-16H,7,9-12H2,1,3-6H3. The summed E-state index contributed by atoms with van der Waals surface area (Å²) < 4.78 is 6.06. The van der Waals surface area contributed by atoms with E-state index in [0.29, 0.717) is 11.8 Å². The lowest BCUT2D eigenvalue weighted by molar-refractivity contribution is 0.300. The first-order valence-corrected chi connectivity index (χ1v) is 8.28. The third-order valence-electron chi connectivity index (χ3n) is 3.83. The fourth-order valence-electron chi connectivity index (χ4n) is 2.41. The molecule has 0 saturated carbocycles. The largest absolute Gasteiger partial charge is 0.492 e. The van der Waals surface area contributed by atoms with Crippen molar-refractivity contribution < 1.29 is 4.74 Å². The van der Waals surface area contributed by atoms with Gasteiger partial charge in [-0.15, -0.1) is 6.42 Å². The van der Waals surface area contributed by atoms with Crippen LogP contribution < -0.4 is 4.74 Å². The predicted molar refractivity (Wildman–Crippen MR) is 92.2 cm³/mol. The maximum atomic E-state index is 6.06. The van der Waals surface area contributed by atoms with Gasteiger partial charge in [0, 0.05) is 0 Å². The minimum absolute atomic E-state index is 0.418. The summed E-state index contributed by atoms with van der Waals surface area (Å²) >= 11 is 0. The van der Waals surface area contributed by atoms with Crippen LogP contribution in [0.1, 0.15) is 88.8 Å². The summed E-state index contributed by atoms with van der Waals surface area (Å²) in [7, 11) is 0. The van der Waals surface area contributed by atoms with Gasteiger partial charge in [-0.25, -0.2) is 0 Å². The van der Waals surface area contributed by atoms with Crippen molar-refractivity contribution >= 4 is 0 Å². The van der Waals surface area contributed by atoms with Gasteiger partial charge in [0.05, 0.1) is 12.2 Å². The van der Waals surface area contributed by atoms with E-state index in [1.54, 1.807) is 0 Å². The number of terminal acetylenes is 1. The Morgan fingerprint density at radius 1 is 1.05 bits per heavy atom. The Morgan fingerprint density at radius 3 is 2.29 bits per heavy atom. The van der Waals surface area contributed by atoms with Gasteiger partial charge in [0.15, 0.2) is 0 Å². The van der Waals surface area contributed by atoms with Gasteiger partial charge in [0.1, 0.15) is 5.75 Å². The maximum absolute atomic E-state index is 6.06. The average Bonchev–Trinajstić information content (AvgIpc) is 2.46. The van der Waals surface area contributed by atoms with Crippen LogP contribution in [0.4, 0.5) is 0 Å². The second kappa shape index (κ2) is 8.78. The molecule has 1 rings (SSSR count). The lowest BCUT2D eigenvalue weighted by Gasteiger charge is -2.19. The van der Waals surface area contributed by atoms with Crippen LogP contribution in [0.2, 0.25) is 0 Å². The molecule has 0 aliphatic carbocycles. The summed E-state index contributed by atoms with van der Waals surface area (Å²) in [4.78, 5) is 0. The van der Waals surface area contributed by atoms with Crippen LogP contribution in [-0.4, -0.2) is 6.61 Å². The molecule has 0 N–H and O–H groups in total. The molecule has 1 nitrogen and oxygen atoms in total. The van der Waals surface area contributed by atoms with Gasteiger partial charge in [-0.1, -0.05) is 65.9 Å². The van der Waals surface area contributed by atoms with Gasteiger partial charge in [0.2, 0.25) is 0 Å². The smallest absolute Gasteiger partial charge is 0.138 e. The molecule has 0 amide bonds. The van der Waals surface area contributed by atoms with Gasteiger partial charge in [0.25, 0.3) is 0 Å². The molecular weight excluding hydrogens is 256 g/mol. The highest BCUT2D eigenvalue weighted by Gasteiger charge is 2.15. The van der Waals surface area contributed by atoms with E-state index in [-0.39, 0.29) is 0 Å². The lowest BCUT2D eigenvalue weighted by Crippen LogP contribution is -2.05. The Bertz CT molecular complexity index is 477. The summed E-state index contributed by atoms with van der Waals surface area (Å²) in [6, 6.07) is 4.37. The third kappa shape index (κ3) is 5.12. The Kier molecular flexibility index (Phi) is 7.37. The van der Waals surface area contributed by atoms with Gasteiger partial charge < -0.3 is 4.74 Å². The maximum Gasteiger partial charge on any atom is 0.138 e. The van der Waals surface area contributed by atoms with Crippen LogP contribution in [-0.2, 0) is 0 Å². The van der Waals surface area contributed by atoms with Crippen molar-refractivity contribution in [1.82, 2.24) is 0 Å². The zero-order chi connectivity index (χ0) is 15.8. The second-order valence-corrected chi connectivity index (χ2v) is 6.35. The number of unbranched alkanes of at least 4 members (excludes halogenated alkanes) is 3. The van der Waals surface area contributed by atoms with Crippen LogP contribution in [0, 0.1) is 12.3 Å². The number of hydrogen-bond donors (Lipinski definition) is 0. The molecule has 116 valence electrons. The van der Waals surface area contributed by atoms with Crippen molar-refractivity contribution in [2.75, 3.05) is 6.61 Å². The summed E-state index contributed by atoms with van der Waals surface area (Å²) in [5.74, 6) is 4.64. The molecular formula is C20H30O. The first-order valence-electron chi connectivity index (χ1n) is 8.28. The van der Waals surface area contributed by atoms with Crippen LogP contribution in [0.3, 0.4) is 0 Å². The minimum atomic E-state index is 0.418. The molecule has 0 atom stereocenters. The second-order valence-electron chi connectivity index (χ2n) is 6.35. The third-order valence-corrected chi connectivity index (χ3v) is 3.83. The summed E-state index contributed by atoms with van der Waals surface area (Å²) in [6.07, 6.45) is 10.6. The van der Waals surface area contributed by atoms with E-state index >= 15 is 0 Å². The lowest BCUT2D eigenvalue weighted by atomic mass is 9.92. The highest BCUT2D eigenvalue weighted by molar-refractivity contribution is 5.54. The van der Waals surface area contributed by atoms with Gasteiger partial charge in [-0.05, 0) is 35.4 Å². The molecule has 21 heavy (non-hydrogen) atoms. The van der Waals surface area contributed by atoms with Gasteiger partial charge >= 0.3 is 0 Å². The van der Waals surface area contributed by atoms with E-state index < -0.39 is 0 Å². The van der Waals surface area contributed by atoms with Crippen LogP contribution >= 0.6 is 0 Å². The Balaban J connectivity index is 2.97. The van der Waals surface area contributed by atoms with E-state index in [1.165, 1.54) is 30.4 Å². The van der Waals surface area contributed by atoms with Gasteiger partial charge in [-0.3, -0.25) is 0 Å². The molecule has 1 heteroatoms. The number of rotatable bonds is 8. The topological polar surface area (TPSA) is 9.23 Å². The highest BCUT2D eigenvalue weighted by atomic mass is 16.5. The van der Waals surface area contributed by atoms with Crippen molar-refractivity contribution in [1.29, 1.82) is 0 Å². The normalized spacial score (nSPS) is 11.0. The van der Waals surface area contributed by atoms with Crippen LogP contribution in [0.5, 0.6) is 5.75 Å². The molecule has 0 spiro atoms. The van der Waals surface area contributed by atoms with Crippen LogP contribution in [0.15, 0.2) is 12.1 Å². The first-order chi connectivity index (χ1) is 10.0. The molecule has 0 aliphatic heterocycles. The fraction of sp³-hybridized carbons (Fsp3) is 0.600. The summed E-state index contributed by atoms with van der Waals surface area (Å²) in [6.45, 7) is 11.8. The van der Waals surface area contributed by atoms with E-state index in [2.05, 4.69) is 52.7 Å². The Labute approximate surface area is 131 Å². The Morgan fingerprint density at radius 2 is 1.76 bits per heavy atom. The summed E-state index contributed by atoms with van der Waals surface area (Å²) in [5.41, 5.74) is 3.44.